The molecule has 0 spiro atoms. The van der Waals surface area contributed by atoms with Crippen LogP contribution in [0.15, 0.2) is 47.4 Å². The maximum atomic E-state index is 12.3. The van der Waals surface area contributed by atoms with Gasteiger partial charge in [-0.25, -0.2) is 0 Å². The van der Waals surface area contributed by atoms with Crippen molar-refractivity contribution in [2.24, 2.45) is 0 Å². The van der Waals surface area contributed by atoms with Crippen LogP contribution >= 0.6 is 0 Å². The van der Waals surface area contributed by atoms with Gasteiger partial charge in [0.25, 0.3) is 5.91 Å². The lowest BCUT2D eigenvalue weighted by Gasteiger charge is -2.32. The van der Waals surface area contributed by atoms with Crippen molar-refractivity contribution in [1.29, 1.82) is 0 Å². The highest BCUT2D eigenvalue weighted by Crippen LogP contribution is 2.12. The largest absolute Gasteiger partial charge is 0.364 e. The lowest BCUT2D eigenvalue weighted by atomic mass is 10.0. The summed E-state index contributed by atoms with van der Waals surface area (Å²) in [5, 5.41) is 3.00. The Labute approximate surface area is 148 Å². The number of likely N-dealkylation sites (tertiary alicyclic amines) is 1. The highest BCUT2D eigenvalue weighted by Gasteiger charge is 2.21. The second kappa shape index (κ2) is 8.12. The molecule has 5 nitrogen and oxygen atoms in total. The monoisotopic (exact) mass is 339 g/mol. The fourth-order valence-corrected chi connectivity index (χ4v) is 3.25. The van der Waals surface area contributed by atoms with Crippen LogP contribution in [0.1, 0.15) is 34.5 Å². The molecule has 132 valence electrons. The first-order valence-electron chi connectivity index (χ1n) is 8.88. The quantitative estimate of drug-likeness (QED) is 0.877. The van der Waals surface area contributed by atoms with Crippen LogP contribution in [0.5, 0.6) is 0 Å². The molecule has 1 fully saturated rings. The van der Waals surface area contributed by atoms with Crippen molar-refractivity contribution in [2.45, 2.75) is 32.2 Å². The van der Waals surface area contributed by atoms with E-state index in [0.717, 1.165) is 44.6 Å². The molecular formula is C20H25N3O2. The molecule has 5 heteroatoms. The van der Waals surface area contributed by atoms with Crippen LogP contribution < -0.4 is 10.7 Å². The number of carbonyl (C=O) groups excluding carboxylic acids is 1. The highest BCUT2D eigenvalue weighted by molar-refractivity contribution is 5.93. The maximum absolute atomic E-state index is 12.3. The molecule has 1 aromatic heterocycles. The van der Waals surface area contributed by atoms with Crippen LogP contribution in [0.2, 0.25) is 0 Å². The standard InChI is InChI=1S/C20H25N3O2/c1-15-13-19(24)18(14-21-15)20(25)22-17-8-11-23(12-9-17)10-7-16-5-3-2-4-6-16/h2-6,13-14,17H,7-12H2,1H3,(H,21,24)(H,22,25). The van der Waals surface area contributed by atoms with Gasteiger partial charge in [0, 0.05) is 43.6 Å². The number of amides is 1. The fourth-order valence-electron chi connectivity index (χ4n) is 3.25. The van der Waals surface area contributed by atoms with Gasteiger partial charge in [0.05, 0.1) is 0 Å². The minimum Gasteiger partial charge on any atom is -0.364 e. The van der Waals surface area contributed by atoms with E-state index in [1.165, 1.54) is 17.8 Å². The Morgan fingerprint density at radius 2 is 1.96 bits per heavy atom. The van der Waals surface area contributed by atoms with Crippen LogP contribution in [0.3, 0.4) is 0 Å². The Bertz CT molecular complexity index is 762. The number of pyridine rings is 1. The molecule has 2 aromatic rings. The van der Waals surface area contributed by atoms with Gasteiger partial charge in [-0.15, -0.1) is 0 Å². The van der Waals surface area contributed by atoms with E-state index in [-0.39, 0.29) is 22.9 Å². The van der Waals surface area contributed by atoms with Crippen molar-refractivity contribution in [3.8, 4) is 0 Å². The lowest BCUT2D eigenvalue weighted by molar-refractivity contribution is 0.0910. The van der Waals surface area contributed by atoms with E-state index in [9.17, 15) is 9.59 Å². The van der Waals surface area contributed by atoms with Crippen molar-refractivity contribution in [3.63, 3.8) is 0 Å². The molecule has 0 bridgehead atoms. The minimum atomic E-state index is -0.274. The van der Waals surface area contributed by atoms with Crippen molar-refractivity contribution in [3.05, 3.63) is 69.6 Å². The summed E-state index contributed by atoms with van der Waals surface area (Å²) < 4.78 is 0. The van der Waals surface area contributed by atoms with Crippen molar-refractivity contribution < 1.29 is 4.79 Å². The number of aryl methyl sites for hydroxylation is 1. The van der Waals surface area contributed by atoms with Gasteiger partial charge in [0.2, 0.25) is 0 Å². The second-order valence-electron chi connectivity index (χ2n) is 6.72. The molecule has 1 saturated heterocycles. The summed E-state index contributed by atoms with van der Waals surface area (Å²) in [7, 11) is 0. The van der Waals surface area contributed by atoms with Gasteiger partial charge in [-0.3, -0.25) is 9.59 Å². The molecule has 2 N–H and O–H groups in total. The summed E-state index contributed by atoms with van der Waals surface area (Å²) in [6.07, 6.45) is 4.40. The maximum Gasteiger partial charge on any atom is 0.256 e. The first kappa shape index (κ1) is 17.4. The zero-order valence-electron chi connectivity index (χ0n) is 14.6. The molecule has 25 heavy (non-hydrogen) atoms. The van der Waals surface area contributed by atoms with Crippen molar-refractivity contribution >= 4 is 5.91 Å². The molecule has 0 radical (unpaired) electrons. The lowest BCUT2D eigenvalue weighted by Crippen LogP contribution is -2.45. The molecule has 1 amide bonds. The number of aromatic nitrogens is 1. The van der Waals surface area contributed by atoms with Gasteiger partial charge in [-0.2, -0.15) is 0 Å². The average Bonchev–Trinajstić information content (AvgIpc) is 2.62. The van der Waals surface area contributed by atoms with Gasteiger partial charge >= 0.3 is 0 Å². The van der Waals surface area contributed by atoms with Gasteiger partial charge in [0.15, 0.2) is 5.43 Å². The number of aromatic amines is 1. The van der Waals surface area contributed by atoms with Gasteiger partial charge in [-0.1, -0.05) is 30.3 Å². The van der Waals surface area contributed by atoms with Crippen molar-refractivity contribution in [1.82, 2.24) is 15.2 Å². The second-order valence-corrected chi connectivity index (χ2v) is 6.72. The molecule has 0 unspecified atom stereocenters. The first-order chi connectivity index (χ1) is 12.1. The third-order valence-corrected chi connectivity index (χ3v) is 4.78. The number of hydrogen-bond acceptors (Lipinski definition) is 3. The fraction of sp³-hybridized carbons (Fsp3) is 0.400. The molecule has 1 aliphatic heterocycles. The van der Waals surface area contributed by atoms with Gasteiger partial charge < -0.3 is 15.2 Å². The minimum absolute atomic E-state index is 0.140. The number of hydrogen-bond donors (Lipinski definition) is 2. The van der Waals surface area contributed by atoms with Crippen LogP contribution in [0.25, 0.3) is 0 Å². The van der Waals surface area contributed by atoms with Gasteiger partial charge in [-0.05, 0) is 31.7 Å². The number of rotatable bonds is 5. The van der Waals surface area contributed by atoms with Crippen LogP contribution in [0, 0.1) is 6.92 Å². The Balaban J connectivity index is 1.46. The smallest absolute Gasteiger partial charge is 0.256 e. The molecule has 0 saturated carbocycles. The van der Waals surface area contributed by atoms with E-state index in [0.29, 0.717) is 0 Å². The summed E-state index contributed by atoms with van der Waals surface area (Å²) in [5.41, 5.74) is 2.08. The summed E-state index contributed by atoms with van der Waals surface area (Å²) in [4.78, 5) is 29.6. The zero-order chi connectivity index (χ0) is 17.6. The Morgan fingerprint density at radius 3 is 2.64 bits per heavy atom. The Hall–Kier alpha value is -2.40. The topological polar surface area (TPSA) is 65.2 Å². The van der Waals surface area contributed by atoms with E-state index < -0.39 is 0 Å². The molecule has 0 aliphatic carbocycles. The highest BCUT2D eigenvalue weighted by atomic mass is 16.2. The zero-order valence-corrected chi connectivity index (χ0v) is 14.6. The summed E-state index contributed by atoms with van der Waals surface area (Å²) in [6.45, 7) is 4.79. The SMILES string of the molecule is Cc1cc(=O)c(C(=O)NC2CCN(CCc3ccccc3)CC2)c[nH]1. The molecule has 3 rings (SSSR count). The molecule has 2 heterocycles. The first-order valence-corrected chi connectivity index (χ1v) is 8.88. The predicted octanol–water partition coefficient (Wildman–Crippen LogP) is 2.12. The van der Waals surface area contributed by atoms with Crippen LogP contribution in [-0.2, 0) is 6.42 Å². The predicted molar refractivity (Wildman–Crippen MR) is 98.9 cm³/mol. The number of carbonyl (C=O) groups is 1. The third-order valence-electron chi connectivity index (χ3n) is 4.78. The number of H-pyrrole nitrogens is 1. The molecule has 0 atom stereocenters. The number of piperidine rings is 1. The molecule has 1 aromatic carbocycles. The van der Waals surface area contributed by atoms with E-state index in [1.807, 2.05) is 6.07 Å². The molecular weight excluding hydrogens is 314 g/mol. The number of nitrogens with zero attached hydrogens (tertiary/aromatic N) is 1. The van der Waals surface area contributed by atoms with E-state index >= 15 is 0 Å². The van der Waals surface area contributed by atoms with E-state index in [2.05, 4.69) is 39.5 Å². The number of benzene rings is 1. The van der Waals surface area contributed by atoms with Crippen molar-refractivity contribution in [2.75, 3.05) is 19.6 Å². The van der Waals surface area contributed by atoms with E-state index in [1.54, 1.807) is 6.92 Å². The van der Waals surface area contributed by atoms with Gasteiger partial charge in [0.1, 0.15) is 5.56 Å². The average molecular weight is 339 g/mol. The summed E-state index contributed by atoms with van der Waals surface area (Å²) >= 11 is 0. The Morgan fingerprint density at radius 1 is 1.24 bits per heavy atom. The summed E-state index contributed by atoms with van der Waals surface area (Å²) in [6, 6.07) is 12.1. The molecule has 1 aliphatic rings. The van der Waals surface area contributed by atoms with Crippen LogP contribution in [0.4, 0.5) is 0 Å². The number of nitrogens with one attached hydrogen (secondary N) is 2. The normalized spacial score (nSPS) is 15.9. The summed E-state index contributed by atoms with van der Waals surface area (Å²) in [5.74, 6) is -0.274. The van der Waals surface area contributed by atoms with E-state index in [4.69, 9.17) is 0 Å². The Kier molecular flexibility index (Phi) is 5.66. The van der Waals surface area contributed by atoms with Crippen LogP contribution in [-0.4, -0.2) is 41.5 Å². The third kappa shape index (κ3) is 4.79.